The van der Waals surface area contributed by atoms with Gasteiger partial charge >= 0.3 is 0 Å². The summed E-state index contributed by atoms with van der Waals surface area (Å²) in [6, 6.07) is 8.65. The zero-order valence-electron chi connectivity index (χ0n) is 9.36. The Morgan fingerprint density at radius 3 is 2.60 bits per heavy atom. The number of hydrogen-bond acceptors (Lipinski definition) is 2. The third-order valence-electron chi connectivity index (χ3n) is 2.22. The number of thioether (sulfide) groups is 1. The van der Waals surface area contributed by atoms with Crippen LogP contribution in [0.25, 0.3) is 0 Å². The first-order valence-electron chi connectivity index (χ1n) is 5.12. The zero-order chi connectivity index (χ0) is 11.1. The number of amidine groups is 1. The van der Waals surface area contributed by atoms with E-state index in [9.17, 15) is 0 Å². The summed E-state index contributed by atoms with van der Waals surface area (Å²) in [6.45, 7) is 2.92. The van der Waals surface area contributed by atoms with Crippen LogP contribution in [-0.2, 0) is 6.42 Å². The van der Waals surface area contributed by atoms with Gasteiger partial charge in [-0.25, -0.2) is 0 Å². The lowest BCUT2D eigenvalue weighted by Gasteiger charge is -2.00. The van der Waals surface area contributed by atoms with Gasteiger partial charge in [-0.1, -0.05) is 41.6 Å². The molecule has 0 saturated heterocycles. The first-order valence-corrected chi connectivity index (χ1v) is 6.34. The van der Waals surface area contributed by atoms with Crippen LogP contribution in [0.4, 0.5) is 0 Å². The smallest absolute Gasteiger partial charge is 0.153 e. The molecule has 2 N–H and O–H groups in total. The molecule has 0 unspecified atom stereocenters. The molecule has 2 nitrogen and oxygen atoms in total. The predicted molar refractivity (Wildman–Crippen MR) is 69.5 cm³/mol. The molecule has 0 saturated carbocycles. The Balaban J connectivity index is 2.29. The van der Waals surface area contributed by atoms with Crippen molar-refractivity contribution in [1.29, 1.82) is 0 Å². The minimum Gasteiger partial charge on any atom is -0.379 e. The SMILES string of the molecule is CSC(N)=NCCCc1ccc(C)cc1. The minimum atomic E-state index is 0.680. The number of nitrogens with zero attached hydrogens (tertiary/aromatic N) is 1. The lowest BCUT2D eigenvalue weighted by atomic mass is 10.1. The third kappa shape index (κ3) is 4.88. The van der Waals surface area contributed by atoms with Crippen LogP contribution in [0.3, 0.4) is 0 Å². The van der Waals surface area contributed by atoms with Crippen LogP contribution in [-0.4, -0.2) is 18.0 Å². The van der Waals surface area contributed by atoms with E-state index in [1.165, 1.54) is 22.9 Å². The van der Waals surface area contributed by atoms with Gasteiger partial charge in [0.2, 0.25) is 0 Å². The van der Waals surface area contributed by atoms with Gasteiger partial charge in [0.1, 0.15) is 0 Å². The molecule has 15 heavy (non-hydrogen) atoms. The Labute approximate surface area is 96.0 Å². The molecule has 0 atom stereocenters. The van der Waals surface area contributed by atoms with Gasteiger partial charge in [0.05, 0.1) is 0 Å². The van der Waals surface area contributed by atoms with Crippen molar-refractivity contribution < 1.29 is 0 Å². The van der Waals surface area contributed by atoms with Crippen LogP contribution in [0.2, 0.25) is 0 Å². The molecule has 0 aromatic heterocycles. The van der Waals surface area contributed by atoms with Crippen LogP contribution >= 0.6 is 11.8 Å². The summed E-state index contributed by atoms with van der Waals surface area (Å²) in [7, 11) is 0. The quantitative estimate of drug-likeness (QED) is 0.483. The molecule has 0 amide bonds. The van der Waals surface area contributed by atoms with Crippen LogP contribution in [0.15, 0.2) is 29.3 Å². The molecular weight excluding hydrogens is 204 g/mol. The first-order chi connectivity index (χ1) is 7.22. The van der Waals surface area contributed by atoms with Crippen LogP contribution in [0.5, 0.6) is 0 Å². The normalized spacial score (nSPS) is 11.7. The van der Waals surface area contributed by atoms with Crippen LogP contribution < -0.4 is 5.73 Å². The van der Waals surface area contributed by atoms with Crippen molar-refractivity contribution >= 4 is 16.9 Å². The lowest BCUT2D eigenvalue weighted by Crippen LogP contribution is -2.06. The first kappa shape index (κ1) is 12.1. The van der Waals surface area contributed by atoms with Gasteiger partial charge in [-0.05, 0) is 31.6 Å². The summed E-state index contributed by atoms with van der Waals surface area (Å²) >= 11 is 1.50. The van der Waals surface area contributed by atoms with Crippen LogP contribution in [0, 0.1) is 6.92 Å². The van der Waals surface area contributed by atoms with E-state index in [4.69, 9.17) is 5.73 Å². The molecule has 0 bridgehead atoms. The van der Waals surface area contributed by atoms with E-state index in [2.05, 4.69) is 36.2 Å². The molecule has 0 aliphatic rings. The second-order valence-electron chi connectivity index (χ2n) is 3.51. The fourth-order valence-corrected chi connectivity index (χ4v) is 1.51. The second kappa shape index (κ2) is 6.51. The van der Waals surface area contributed by atoms with Crippen molar-refractivity contribution in [3.8, 4) is 0 Å². The fraction of sp³-hybridized carbons (Fsp3) is 0.417. The molecule has 1 aromatic rings. The highest BCUT2D eigenvalue weighted by Crippen LogP contribution is 2.05. The summed E-state index contributed by atoms with van der Waals surface area (Å²) in [5.41, 5.74) is 8.27. The van der Waals surface area contributed by atoms with Gasteiger partial charge in [-0.3, -0.25) is 4.99 Å². The van der Waals surface area contributed by atoms with E-state index in [-0.39, 0.29) is 0 Å². The van der Waals surface area contributed by atoms with Crippen molar-refractivity contribution in [2.24, 2.45) is 10.7 Å². The summed E-state index contributed by atoms with van der Waals surface area (Å²) in [6.07, 6.45) is 4.08. The molecule has 1 rings (SSSR count). The predicted octanol–water partition coefficient (Wildman–Crippen LogP) is 2.61. The maximum Gasteiger partial charge on any atom is 0.153 e. The van der Waals surface area contributed by atoms with E-state index >= 15 is 0 Å². The van der Waals surface area contributed by atoms with Crippen molar-refractivity contribution in [2.45, 2.75) is 19.8 Å². The molecular formula is C12H18N2S. The number of aliphatic imine (C=N–C) groups is 1. The summed E-state index contributed by atoms with van der Waals surface area (Å²) in [4.78, 5) is 4.23. The monoisotopic (exact) mass is 222 g/mol. The Hall–Kier alpha value is -0.960. The zero-order valence-corrected chi connectivity index (χ0v) is 10.2. The Morgan fingerprint density at radius 2 is 2.00 bits per heavy atom. The number of nitrogens with two attached hydrogens (primary N) is 1. The highest BCUT2D eigenvalue weighted by molar-refractivity contribution is 8.13. The average Bonchev–Trinajstić information content (AvgIpc) is 2.26. The topological polar surface area (TPSA) is 38.4 Å². The minimum absolute atomic E-state index is 0.680. The van der Waals surface area contributed by atoms with Gasteiger partial charge in [-0.15, -0.1) is 0 Å². The molecule has 0 aliphatic carbocycles. The number of rotatable bonds is 4. The number of hydrogen-bond donors (Lipinski definition) is 1. The molecule has 82 valence electrons. The third-order valence-corrected chi connectivity index (χ3v) is 2.77. The van der Waals surface area contributed by atoms with Gasteiger partial charge in [0, 0.05) is 6.54 Å². The standard InChI is InChI=1S/C12H18N2S/c1-10-5-7-11(8-6-10)4-3-9-14-12(13)15-2/h5-8H,3-4,9H2,1-2H3,(H2,13,14). The van der Waals surface area contributed by atoms with E-state index in [1.807, 2.05) is 6.26 Å². The summed E-state index contributed by atoms with van der Waals surface area (Å²) in [5.74, 6) is 0. The Bertz CT molecular complexity index is 317. The van der Waals surface area contributed by atoms with E-state index in [0.29, 0.717) is 5.17 Å². The molecule has 1 aromatic carbocycles. The molecule has 0 aliphatic heterocycles. The van der Waals surface area contributed by atoms with Gasteiger partial charge in [0.15, 0.2) is 5.17 Å². The van der Waals surface area contributed by atoms with E-state index in [0.717, 1.165) is 19.4 Å². The average molecular weight is 222 g/mol. The van der Waals surface area contributed by atoms with Gasteiger partial charge in [0.25, 0.3) is 0 Å². The molecule has 3 heteroatoms. The van der Waals surface area contributed by atoms with E-state index in [1.54, 1.807) is 0 Å². The maximum atomic E-state index is 5.59. The molecule has 0 heterocycles. The Morgan fingerprint density at radius 1 is 1.33 bits per heavy atom. The van der Waals surface area contributed by atoms with Gasteiger partial charge in [-0.2, -0.15) is 0 Å². The highest BCUT2D eigenvalue weighted by Gasteiger charge is 1.93. The molecule has 0 radical (unpaired) electrons. The fourth-order valence-electron chi connectivity index (χ4n) is 1.29. The van der Waals surface area contributed by atoms with Crippen molar-refractivity contribution in [3.63, 3.8) is 0 Å². The number of benzene rings is 1. The van der Waals surface area contributed by atoms with Crippen molar-refractivity contribution in [2.75, 3.05) is 12.8 Å². The van der Waals surface area contributed by atoms with E-state index < -0.39 is 0 Å². The Kier molecular flexibility index (Phi) is 5.26. The molecule has 0 spiro atoms. The summed E-state index contributed by atoms with van der Waals surface area (Å²) in [5, 5.41) is 0.680. The molecule has 0 fully saturated rings. The van der Waals surface area contributed by atoms with Crippen LogP contribution in [0.1, 0.15) is 17.5 Å². The van der Waals surface area contributed by atoms with Crippen molar-refractivity contribution in [1.82, 2.24) is 0 Å². The maximum absolute atomic E-state index is 5.59. The summed E-state index contributed by atoms with van der Waals surface area (Å²) < 4.78 is 0. The largest absolute Gasteiger partial charge is 0.379 e. The van der Waals surface area contributed by atoms with Gasteiger partial charge < -0.3 is 5.73 Å². The second-order valence-corrected chi connectivity index (χ2v) is 4.34. The number of aryl methyl sites for hydroxylation is 2. The lowest BCUT2D eigenvalue weighted by molar-refractivity contribution is 0.834. The highest BCUT2D eigenvalue weighted by atomic mass is 32.2. The van der Waals surface area contributed by atoms with Crippen molar-refractivity contribution in [3.05, 3.63) is 35.4 Å².